The van der Waals surface area contributed by atoms with Gasteiger partial charge in [0.1, 0.15) is 11.4 Å². The van der Waals surface area contributed by atoms with E-state index in [1.807, 2.05) is 18.9 Å². The Kier molecular flexibility index (Phi) is 7.04. The molecule has 136 valence electrons. The number of nitrogens with zero attached hydrogens (tertiary/aromatic N) is 6. The molecule has 25 heavy (non-hydrogen) atoms. The second-order valence-electron chi connectivity index (χ2n) is 5.19. The van der Waals surface area contributed by atoms with Crippen molar-refractivity contribution in [1.82, 2.24) is 10.2 Å². The monoisotopic (exact) mass is 366 g/mol. The third-order valence-corrected chi connectivity index (χ3v) is 4.43. The molecule has 10 heteroatoms. The first-order valence-corrected chi connectivity index (χ1v) is 8.66. The lowest BCUT2D eigenvalue weighted by Crippen LogP contribution is -2.29. The number of aliphatic hydroxyl groups is 2. The van der Waals surface area contributed by atoms with Crippen LogP contribution in [0.25, 0.3) is 0 Å². The molecule has 0 saturated carbocycles. The molecule has 1 heterocycles. The number of hydrogen-bond donors (Lipinski definition) is 3. The van der Waals surface area contributed by atoms with Crippen LogP contribution in [0.3, 0.4) is 0 Å². The van der Waals surface area contributed by atoms with Gasteiger partial charge in [-0.05, 0) is 19.1 Å². The van der Waals surface area contributed by atoms with Crippen molar-refractivity contribution < 1.29 is 15.3 Å². The van der Waals surface area contributed by atoms with Crippen LogP contribution in [0.15, 0.2) is 28.4 Å². The van der Waals surface area contributed by atoms with Gasteiger partial charge in [0.05, 0.1) is 13.2 Å². The van der Waals surface area contributed by atoms with Gasteiger partial charge in [-0.2, -0.15) is 0 Å². The molecule has 9 nitrogen and oxygen atoms in total. The third-order valence-electron chi connectivity index (χ3n) is 3.51. The zero-order valence-electron chi connectivity index (χ0n) is 14.2. The zero-order chi connectivity index (χ0) is 18.2. The Morgan fingerprint density at radius 1 is 1.12 bits per heavy atom. The minimum Gasteiger partial charge on any atom is -0.506 e. The number of aromatic hydroxyl groups is 1. The minimum atomic E-state index is -0.0478. The van der Waals surface area contributed by atoms with Crippen LogP contribution in [0, 0.1) is 0 Å². The van der Waals surface area contributed by atoms with Crippen LogP contribution in [0.4, 0.5) is 21.6 Å². The summed E-state index contributed by atoms with van der Waals surface area (Å²) in [5, 5.41) is 45.5. The fraction of sp³-hybridized carbons (Fsp3) is 0.467. The average molecular weight is 366 g/mol. The van der Waals surface area contributed by atoms with Gasteiger partial charge in [0.15, 0.2) is 0 Å². The van der Waals surface area contributed by atoms with Crippen molar-refractivity contribution in [2.75, 3.05) is 49.7 Å². The Morgan fingerprint density at radius 3 is 2.44 bits per heavy atom. The molecule has 0 saturated heterocycles. The lowest BCUT2D eigenvalue weighted by Gasteiger charge is -2.23. The molecule has 0 aliphatic carbocycles. The maximum atomic E-state index is 10.1. The van der Waals surface area contributed by atoms with Gasteiger partial charge in [-0.1, -0.05) is 11.3 Å². The van der Waals surface area contributed by atoms with E-state index in [-0.39, 0.29) is 19.0 Å². The Bertz CT molecular complexity index is 702. The fourth-order valence-corrected chi connectivity index (χ4v) is 2.73. The van der Waals surface area contributed by atoms with E-state index < -0.39 is 0 Å². The number of rotatable bonds is 9. The highest BCUT2D eigenvalue weighted by molar-refractivity contribution is 7.18. The number of benzene rings is 1. The number of anilines is 2. The van der Waals surface area contributed by atoms with Crippen LogP contribution in [0.1, 0.15) is 6.92 Å². The first kappa shape index (κ1) is 19.0. The third kappa shape index (κ3) is 5.08. The summed E-state index contributed by atoms with van der Waals surface area (Å²) >= 11 is 1.31. The first-order valence-electron chi connectivity index (χ1n) is 7.85. The van der Waals surface area contributed by atoms with E-state index >= 15 is 0 Å². The highest BCUT2D eigenvalue weighted by atomic mass is 32.1. The molecule has 0 aliphatic rings. The number of phenolic OH excluding ortho intramolecular Hbond substituents is 1. The van der Waals surface area contributed by atoms with Crippen molar-refractivity contribution in [3.8, 4) is 5.75 Å². The Morgan fingerprint density at radius 2 is 1.84 bits per heavy atom. The van der Waals surface area contributed by atoms with Crippen LogP contribution >= 0.6 is 11.3 Å². The topological polar surface area (TPSA) is 118 Å². The van der Waals surface area contributed by atoms with E-state index in [0.29, 0.717) is 29.6 Å². The lowest BCUT2D eigenvalue weighted by molar-refractivity contribution is 0.281. The largest absolute Gasteiger partial charge is 0.506 e. The molecule has 3 N–H and O–H groups in total. The first-order chi connectivity index (χ1) is 12.1. The highest BCUT2D eigenvalue weighted by Gasteiger charge is 2.10. The molecule has 2 aromatic rings. The predicted molar refractivity (Wildman–Crippen MR) is 97.5 cm³/mol. The molecule has 0 amide bonds. The number of aromatic nitrogens is 2. The highest BCUT2D eigenvalue weighted by Crippen LogP contribution is 2.33. The molecule has 2 rings (SSSR count). The van der Waals surface area contributed by atoms with Gasteiger partial charge < -0.3 is 25.1 Å². The lowest BCUT2D eigenvalue weighted by atomic mass is 10.2. The summed E-state index contributed by atoms with van der Waals surface area (Å²) in [6, 6.07) is 4.89. The molecular formula is C15H22N6O3S. The summed E-state index contributed by atoms with van der Waals surface area (Å²) in [4.78, 5) is 3.71. The predicted octanol–water partition coefficient (Wildman–Crippen LogP) is 1.91. The van der Waals surface area contributed by atoms with Crippen molar-refractivity contribution in [1.29, 1.82) is 0 Å². The molecule has 0 aliphatic heterocycles. The molecule has 0 unspecified atom stereocenters. The molecular weight excluding hydrogens is 344 g/mol. The quantitative estimate of drug-likeness (QED) is 0.580. The second-order valence-corrected chi connectivity index (χ2v) is 6.12. The van der Waals surface area contributed by atoms with E-state index in [1.165, 1.54) is 17.4 Å². The van der Waals surface area contributed by atoms with Gasteiger partial charge in [0.2, 0.25) is 5.13 Å². The van der Waals surface area contributed by atoms with Crippen molar-refractivity contribution in [2.24, 2.45) is 10.2 Å². The summed E-state index contributed by atoms with van der Waals surface area (Å²) in [5.41, 5.74) is 0.986. The molecule has 0 radical (unpaired) electrons. The summed E-state index contributed by atoms with van der Waals surface area (Å²) in [5.74, 6) is -0.0439. The van der Waals surface area contributed by atoms with Gasteiger partial charge in [-0.15, -0.1) is 20.4 Å². The average Bonchev–Trinajstić information content (AvgIpc) is 3.09. The van der Waals surface area contributed by atoms with Gasteiger partial charge in [0.25, 0.3) is 5.13 Å². The summed E-state index contributed by atoms with van der Waals surface area (Å²) in [6.07, 6.45) is 0. The molecule has 1 aromatic carbocycles. The Labute approximate surface area is 149 Å². The van der Waals surface area contributed by atoms with Crippen molar-refractivity contribution >= 4 is 33.0 Å². The van der Waals surface area contributed by atoms with E-state index in [9.17, 15) is 5.11 Å². The van der Waals surface area contributed by atoms with Crippen LogP contribution < -0.4 is 9.80 Å². The van der Waals surface area contributed by atoms with Crippen molar-refractivity contribution in [2.45, 2.75) is 6.92 Å². The summed E-state index contributed by atoms with van der Waals surface area (Å²) < 4.78 is 0. The van der Waals surface area contributed by atoms with Gasteiger partial charge >= 0.3 is 0 Å². The number of hydrogen-bond acceptors (Lipinski definition) is 10. The zero-order valence-corrected chi connectivity index (χ0v) is 15.0. The molecule has 0 atom stereocenters. The molecule has 0 bridgehead atoms. The molecule has 0 fully saturated rings. The van der Waals surface area contributed by atoms with Gasteiger partial charge in [-0.3, -0.25) is 0 Å². The van der Waals surface area contributed by atoms with Crippen LogP contribution in [-0.2, 0) is 0 Å². The maximum Gasteiger partial charge on any atom is 0.253 e. The van der Waals surface area contributed by atoms with E-state index in [2.05, 4.69) is 20.4 Å². The number of azo groups is 1. The van der Waals surface area contributed by atoms with Crippen molar-refractivity contribution in [3.63, 3.8) is 0 Å². The second kappa shape index (κ2) is 9.25. The van der Waals surface area contributed by atoms with Gasteiger partial charge in [0, 0.05) is 38.4 Å². The van der Waals surface area contributed by atoms with Crippen LogP contribution in [0.2, 0.25) is 0 Å². The standard InChI is InChI=1S/C15H22N6O3S/c1-3-20(2)15-19-18-14(25-15)17-16-12-5-4-11(10-13(12)24)21(6-8-22)7-9-23/h4-5,10,22-24H,3,6-9H2,1-2H3. The number of aliphatic hydroxyl groups excluding tert-OH is 2. The maximum absolute atomic E-state index is 10.1. The minimum absolute atomic E-state index is 0.0439. The SMILES string of the molecule is CCN(C)c1nnc(N=Nc2ccc(N(CCO)CCO)cc2O)s1. The van der Waals surface area contributed by atoms with Gasteiger partial charge in [-0.25, -0.2) is 0 Å². The Hall–Kier alpha value is -2.30. The number of phenols is 1. The van der Waals surface area contributed by atoms with E-state index in [1.54, 1.807) is 17.0 Å². The molecule has 1 aromatic heterocycles. The summed E-state index contributed by atoms with van der Waals surface area (Å²) in [7, 11) is 1.91. The smallest absolute Gasteiger partial charge is 0.253 e. The van der Waals surface area contributed by atoms with E-state index in [0.717, 1.165) is 11.7 Å². The van der Waals surface area contributed by atoms with Crippen molar-refractivity contribution in [3.05, 3.63) is 18.2 Å². The Balaban J connectivity index is 2.13. The van der Waals surface area contributed by atoms with E-state index in [4.69, 9.17) is 10.2 Å². The summed E-state index contributed by atoms with van der Waals surface area (Å²) in [6.45, 7) is 3.45. The van der Waals surface area contributed by atoms with Crippen LogP contribution in [0.5, 0.6) is 5.75 Å². The molecule has 0 spiro atoms. The normalized spacial score (nSPS) is 11.2. The fourth-order valence-electron chi connectivity index (χ4n) is 2.04. The van der Waals surface area contributed by atoms with Crippen LogP contribution in [-0.4, -0.2) is 65.4 Å².